The van der Waals surface area contributed by atoms with Gasteiger partial charge in [0.25, 0.3) is 0 Å². The normalized spacial score (nSPS) is 11.1. The van der Waals surface area contributed by atoms with Gasteiger partial charge in [-0.2, -0.15) is 0 Å². The highest BCUT2D eigenvalue weighted by Gasteiger charge is 2.05. The standard InChI is InChI=1S/C9H10BrN3O/c1-6-3-7(10)13-9(4-6)11-8(12-13)5-14-2/h3-4H,5H2,1-2H3. The van der Waals surface area contributed by atoms with E-state index in [0.717, 1.165) is 15.8 Å². The Morgan fingerprint density at radius 2 is 2.29 bits per heavy atom. The van der Waals surface area contributed by atoms with Gasteiger partial charge < -0.3 is 4.74 Å². The number of hydrogen-bond acceptors (Lipinski definition) is 3. The van der Waals surface area contributed by atoms with E-state index in [9.17, 15) is 0 Å². The van der Waals surface area contributed by atoms with Crippen LogP contribution in [0.3, 0.4) is 0 Å². The van der Waals surface area contributed by atoms with E-state index in [-0.39, 0.29) is 0 Å². The van der Waals surface area contributed by atoms with Gasteiger partial charge in [-0.05, 0) is 40.5 Å². The van der Waals surface area contributed by atoms with Gasteiger partial charge in [0.15, 0.2) is 11.5 Å². The second-order valence-corrected chi connectivity index (χ2v) is 3.90. The predicted octanol–water partition coefficient (Wildman–Crippen LogP) is 1.95. The topological polar surface area (TPSA) is 39.4 Å². The zero-order chi connectivity index (χ0) is 10.1. The van der Waals surface area contributed by atoms with Crippen molar-refractivity contribution in [1.29, 1.82) is 0 Å². The predicted molar refractivity (Wildman–Crippen MR) is 56.1 cm³/mol. The fourth-order valence-corrected chi connectivity index (χ4v) is 1.93. The summed E-state index contributed by atoms with van der Waals surface area (Å²) in [5.41, 5.74) is 1.99. The molecule has 14 heavy (non-hydrogen) atoms. The smallest absolute Gasteiger partial charge is 0.177 e. The number of halogens is 1. The van der Waals surface area contributed by atoms with Crippen LogP contribution in [0.15, 0.2) is 16.7 Å². The first-order valence-corrected chi connectivity index (χ1v) is 5.01. The monoisotopic (exact) mass is 255 g/mol. The van der Waals surface area contributed by atoms with Crippen molar-refractivity contribution in [3.63, 3.8) is 0 Å². The van der Waals surface area contributed by atoms with Crippen molar-refractivity contribution >= 4 is 21.6 Å². The van der Waals surface area contributed by atoms with Gasteiger partial charge in [0.1, 0.15) is 11.2 Å². The van der Waals surface area contributed by atoms with Gasteiger partial charge >= 0.3 is 0 Å². The Labute approximate surface area is 90.0 Å². The van der Waals surface area contributed by atoms with E-state index in [1.807, 2.05) is 19.1 Å². The highest BCUT2D eigenvalue weighted by molar-refractivity contribution is 9.10. The molecular formula is C9H10BrN3O. The number of aryl methyl sites for hydroxylation is 1. The average Bonchev–Trinajstić information content (AvgIpc) is 2.48. The molecule has 0 fully saturated rings. The summed E-state index contributed by atoms with van der Waals surface area (Å²) in [6.07, 6.45) is 0. The minimum Gasteiger partial charge on any atom is -0.377 e. The van der Waals surface area contributed by atoms with E-state index >= 15 is 0 Å². The minimum atomic E-state index is 0.438. The third-order valence-corrected chi connectivity index (χ3v) is 2.42. The largest absolute Gasteiger partial charge is 0.377 e. The summed E-state index contributed by atoms with van der Waals surface area (Å²) < 4.78 is 7.63. The number of ether oxygens (including phenoxy) is 1. The summed E-state index contributed by atoms with van der Waals surface area (Å²) in [6, 6.07) is 3.98. The Hall–Kier alpha value is -0.940. The van der Waals surface area contributed by atoms with E-state index in [1.165, 1.54) is 0 Å². The van der Waals surface area contributed by atoms with Crippen LogP contribution in [-0.4, -0.2) is 21.7 Å². The van der Waals surface area contributed by atoms with Gasteiger partial charge in [-0.15, -0.1) is 5.10 Å². The van der Waals surface area contributed by atoms with Gasteiger partial charge in [0.2, 0.25) is 0 Å². The molecule has 0 aliphatic rings. The van der Waals surface area contributed by atoms with Crippen molar-refractivity contribution in [2.45, 2.75) is 13.5 Å². The Morgan fingerprint density at radius 1 is 1.50 bits per heavy atom. The molecule has 0 spiro atoms. The summed E-state index contributed by atoms with van der Waals surface area (Å²) in [5, 5.41) is 4.28. The van der Waals surface area contributed by atoms with Crippen molar-refractivity contribution in [3.05, 3.63) is 28.1 Å². The maximum absolute atomic E-state index is 4.97. The van der Waals surface area contributed by atoms with E-state index in [1.54, 1.807) is 11.6 Å². The molecule has 0 unspecified atom stereocenters. The average molecular weight is 256 g/mol. The number of methoxy groups -OCH3 is 1. The third-order valence-electron chi connectivity index (χ3n) is 1.86. The summed E-state index contributed by atoms with van der Waals surface area (Å²) in [5.74, 6) is 0.693. The van der Waals surface area contributed by atoms with Crippen molar-refractivity contribution in [2.75, 3.05) is 7.11 Å². The molecule has 2 aromatic heterocycles. The summed E-state index contributed by atoms with van der Waals surface area (Å²) in [4.78, 5) is 4.32. The number of fused-ring (bicyclic) bond motifs is 1. The van der Waals surface area contributed by atoms with Crippen molar-refractivity contribution < 1.29 is 4.74 Å². The van der Waals surface area contributed by atoms with Crippen molar-refractivity contribution in [1.82, 2.24) is 14.6 Å². The first-order valence-electron chi connectivity index (χ1n) is 4.21. The maximum atomic E-state index is 4.97. The lowest BCUT2D eigenvalue weighted by atomic mass is 10.3. The molecule has 0 aliphatic heterocycles. The van der Waals surface area contributed by atoms with E-state index < -0.39 is 0 Å². The summed E-state index contributed by atoms with van der Waals surface area (Å²) >= 11 is 3.43. The Morgan fingerprint density at radius 3 is 3.00 bits per heavy atom. The third kappa shape index (κ3) is 1.65. The van der Waals surface area contributed by atoms with E-state index in [0.29, 0.717) is 12.4 Å². The van der Waals surface area contributed by atoms with Crippen molar-refractivity contribution in [3.8, 4) is 0 Å². The molecule has 0 radical (unpaired) electrons. The fraction of sp³-hybridized carbons (Fsp3) is 0.333. The van der Waals surface area contributed by atoms with Gasteiger partial charge in [-0.1, -0.05) is 0 Å². The second kappa shape index (κ2) is 3.67. The molecule has 2 rings (SSSR count). The molecule has 0 amide bonds. The van der Waals surface area contributed by atoms with Crippen LogP contribution in [0.2, 0.25) is 0 Å². The molecule has 0 aromatic carbocycles. The molecule has 0 aliphatic carbocycles. The van der Waals surface area contributed by atoms with Crippen molar-refractivity contribution in [2.24, 2.45) is 0 Å². The Balaban J connectivity index is 2.58. The van der Waals surface area contributed by atoms with Gasteiger partial charge in [0, 0.05) is 7.11 Å². The SMILES string of the molecule is COCc1nc2cc(C)cc(Br)n2n1. The number of pyridine rings is 1. The zero-order valence-corrected chi connectivity index (χ0v) is 9.58. The van der Waals surface area contributed by atoms with Crippen LogP contribution in [0, 0.1) is 6.92 Å². The summed E-state index contributed by atoms with van der Waals surface area (Å²) in [7, 11) is 1.63. The molecule has 0 saturated carbocycles. The van der Waals surface area contributed by atoms with Crippen LogP contribution in [0.5, 0.6) is 0 Å². The number of hydrogen-bond donors (Lipinski definition) is 0. The van der Waals surface area contributed by atoms with Crippen LogP contribution in [0.4, 0.5) is 0 Å². The lowest BCUT2D eigenvalue weighted by molar-refractivity contribution is 0.178. The Kier molecular flexibility index (Phi) is 2.52. The second-order valence-electron chi connectivity index (χ2n) is 3.09. The van der Waals surface area contributed by atoms with Crippen LogP contribution in [0.1, 0.15) is 11.4 Å². The number of rotatable bonds is 2. The highest BCUT2D eigenvalue weighted by Crippen LogP contribution is 2.15. The number of aromatic nitrogens is 3. The van der Waals surface area contributed by atoms with Gasteiger partial charge in [-0.3, -0.25) is 0 Å². The zero-order valence-electron chi connectivity index (χ0n) is 7.99. The van der Waals surface area contributed by atoms with E-state index in [4.69, 9.17) is 4.74 Å². The molecular weight excluding hydrogens is 246 g/mol. The minimum absolute atomic E-state index is 0.438. The van der Waals surface area contributed by atoms with Crippen LogP contribution >= 0.6 is 15.9 Å². The molecule has 74 valence electrons. The molecule has 0 N–H and O–H groups in total. The lowest BCUT2D eigenvalue weighted by Gasteiger charge is -1.96. The first-order chi connectivity index (χ1) is 6.70. The molecule has 2 aromatic rings. The lowest BCUT2D eigenvalue weighted by Crippen LogP contribution is -1.93. The molecule has 0 atom stereocenters. The molecule has 2 heterocycles. The summed E-state index contributed by atoms with van der Waals surface area (Å²) in [6.45, 7) is 2.46. The first kappa shape index (κ1) is 9.61. The molecule has 4 nitrogen and oxygen atoms in total. The van der Waals surface area contributed by atoms with Gasteiger partial charge in [0.05, 0.1) is 0 Å². The molecule has 0 saturated heterocycles. The van der Waals surface area contributed by atoms with Crippen LogP contribution < -0.4 is 0 Å². The molecule has 5 heteroatoms. The fourth-order valence-electron chi connectivity index (χ4n) is 1.30. The quantitative estimate of drug-likeness (QED) is 0.771. The number of nitrogens with zero attached hydrogens (tertiary/aromatic N) is 3. The van der Waals surface area contributed by atoms with Crippen LogP contribution in [0.25, 0.3) is 5.65 Å². The maximum Gasteiger partial charge on any atom is 0.177 e. The molecule has 0 bridgehead atoms. The Bertz CT molecular complexity index is 466. The van der Waals surface area contributed by atoms with Crippen LogP contribution in [-0.2, 0) is 11.3 Å². The highest BCUT2D eigenvalue weighted by atomic mass is 79.9. The van der Waals surface area contributed by atoms with E-state index in [2.05, 4.69) is 26.0 Å². The van der Waals surface area contributed by atoms with Gasteiger partial charge in [-0.25, -0.2) is 9.50 Å².